The van der Waals surface area contributed by atoms with Crippen molar-refractivity contribution in [2.45, 2.75) is 4.90 Å². The summed E-state index contributed by atoms with van der Waals surface area (Å²) in [5.41, 5.74) is 0. The van der Waals surface area contributed by atoms with Gasteiger partial charge in [0, 0.05) is 30.7 Å². The molecule has 1 heterocycles. The molecule has 1 aliphatic heterocycles. The molecular weight excluding hydrogens is 368 g/mol. The predicted octanol–water partition coefficient (Wildman–Crippen LogP) is 1.48. The van der Waals surface area contributed by atoms with Gasteiger partial charge in [-0.25, -0.2) is 13.1 Å². The smallest absolute Gasteiger partial charge is 0.241 e. The van der Waals surface area contributed by atoms with Crippen LogP contribution in [-0.4, -0.2) is 52.7 Å². The van der Waals surface area contributed by atoms with Gasteiger partial charge in [-0.1, -0.05) is 12.1 Å². The van der Waals surface area contributed by atoms with Crippen molar-refractivity contribution in [3.05, 3.63) is 28.7 Å². The van der Waals surface area contributed by atoms with E-state index in [4.69, 9.17) is 4.74 Å². The van der Waals surface area contributed by atoms with Crippen LogP contribution in [0.15, 0.2) is 33.6 Å². The van der Waals surface area contributed by atoms with E-state index >= 15 is 0 Å². The predicted molar refractivity (Wildman–Crippen MR) is 83.8 cm³/mol. The Bertz CT molecular complexity index is 521. The number of rotatable bonds is 5. The van der Waals surface area contributed by atoms with E-state index in [0.717, 1.165) is 26.3 Å². The Kier molecular flexibility index (Phi) is 7.42. The van der Waals surface area contributed by atoms with Gasteiger partial charge in [0.25, 0.3) is 0 Å². The number of sulfonamides is 1. The topological polar surface area (TPSA) is 58.6 Å². The van der Waals surface area contributed by atoms with Gasteiger partial charge >= 0.3 is 0 Å². The molecule has 0 spiro atoms. The number of morpholine rings is 1. The van der Waals surface area contributed by atoms with Gasteiger partial charge in [0.1, 0.15) is 0 Å². The first-order valence-electron chi connectivity index (χ1n) is 6.14. The van der Waals surface area contributed by atoms with Crippen molar-refractivity contribution in [3.63, 3.8) is 0 Å². The van der Waals surface area contributed by atoms with E-state index in [2.05, 4.69) is 25.6 Å². The molecule has 1 N–H and O–H groups in total. The fraction of sp³-hybridized carbons (Fsp3) is 0.500. The summed E-state index contributed by atoms with van der Waals surface area (Å²) >= 11 is 3.25. The SMILES string of the molecule is Cl.O=S(=O)(NCCN1CCOCC1)c1ccccc1Br. The highest BCUT2D eigenvalue weighted by Gasteiger charge is 2.17. The number of halogens is 2. The first-order valence-corrected chi connectivity index (χ1v) is 8.41. The summed E-state index contributed by atoms with van der Waals surface area (Å²) in [6, 6.07) is 6.80. The van der Waals surface area contributed by atoms with E-state index in [1.807, 2.05) is 0 Å². The van der Waals surface area contributed by atoms with E-state index < -0.39 is 10.0 Å². The van der Waals surface area contributed by atoms with Crippen LogP contribution in [0.25, 0.3) is 0 Å². The maximum atomic E-state index is 12.1. The Labute approximate surface area is 134 Å². The van der Waals surface area contributed by atoms with Crippen LogP contribution in [-0.2, 0) is 14.8 Å². The summed E-state index contributed by atoms with van der Waals surface area (Å²) in [4.78, 5) is 2.46. The van der Waals surface area contributed by atoms with Gasteiger partial charge in [0.05, 0.1) is 18.1 Å². The summed E-state index contributed by atoms with van der Waals surface area (Å²) in [6.07, 6.45) is 0. The summed E-state index contributed by atoms with van der Waals surface area (Å²) < 4.78 is 32.7. The lowest BCUT2D eigenvalue weighted by Gasteiger charge is -2.26. The molecule has 1 saturated heterocycles. The summed E-state index contributed by atoms with van der Waals surface area (Å²) in [5.74, 6) is 0. The number of nitrogens with zero attached hydrogens (tertiary/aromatic N) is 1. The number of hydrogen-bond acceptors (Lipinski definition) is 4. The maximum absolute atomic E-state index is 12.1. The molecule has 0 unspecified atom stereocenters. The Balaban J connectivity index is 0.00000200. The molecule has 0 atom stereocenters. The summed E-state index contributed by atoms with van der Waals surface area (Å²) in [5, 5.41) is 0. The number of hydrogen-bond donors (Lipinski definition) is 1. The van der Waals surface area contributed by atoms with Gasteiger partial charge in [-0.3, -0.25) is 4.90 Å². The molecule has 0 amide bonds. The molecule has 0 bridgehead atoms. The van der Waals surface area contributed by atoms with Crippen LogP contribution in [0, 0.1) is 0 Å². The quantitative estimate of drug-likeness (QED) is 0.834. The number of nitrogens with one attached hydrogen (secondary N) is 1. The zero-order valence-corrected chi connectivity index (χ0v) is 14.1. The summed E-state index contributed by atoms with van der Waals surface area (Å²) in [7, 11) is -3.45. The standard InChI is InChI=1S/C12H17BrN2O3S.ClH/c13-11-3-1-2-4-12(11)19(16,17)14-5-6-15-7-9-18-10-8-15;/h1-4,14H,5-10H2;1H. The van der Waals surface area contributed by atoms with Crippen molar-refractivity contribution in [2.75, 3.05) is 39.4 Å². The van der Waals surface area contributed by atoms with Crippen LogP contribution in [0.4, 0.5) is 0 Å². The molecule has 1 aliphatic rings. The Hall–Kier alpha value is -0.180. The van der Waals surface area contributed by atoms with Crippen molar-refractivity contribution in [1.29, 1.82) is 0 Å². The van der Waals surface area contributed by atoms with Crippen LogP contribution in [0.5, 0.6) is 0 Å². The monoisotopic (exact) mass is 384 g/mol. The lowest BCUT2D eigenvalue weighted by Crippen LogP contribution is -2.41. The Morgan fingerprint density at radius 2 is 1.90 bits per heavy atom. The van der Waals surface area contributed by atoms with E-state index in [1.54, 1.807) is 24.3 Å². The minimum Gasteiger partial charge on any atom is -0.379 e. The molecule has 1 aromatic carbocycles. The first kappa shape index (κ1) is 17.9. The second-order valence-electron chi connectivity index (χ2n) is 4.28. The molecule has 0 saturated carbocycles. The molecule has 0 aromatic heterocycles. The third-order valence-corrected chi connectivity index (χ3v) is 5.42. The van der Waals surface area contributed by atoms with E-state index in [-0.39, 0.29) is 17.3 Å². The largest absolute Gasteiger partial charge is 0.379 e. The Morgan fingerprint density at radius 3 is 2.55 bits per heavy atom. The lowest BCUT2D eigenvalue weighted by molar-refractivity contribution is 0.0390. The van der Waals surface area contributed by atoms with Crippen molar-refractivity contribution < 1.29 is 13.2 Å². The van der Waals surface area contributed by atoms with E-state index in [1.165, 1.54) is 0 Å². The van der Waals surface area contributed by atoms with Gasteiger partial charge in [-0.05, 0) is 28.1 Å². The summed E-state index contributed by atoms with van der Waals surface area (Å²) in [6.45, 7) is 4.26. The van der Waals surface area contributed by atoms with Crippen LogP contribution in [0.1, 0.15) is 0 Å². The average Bonchev–Trinajstić information content (AvgIpc) is 2.40. The molecule has 8 heteroatoms. The number of benzene rings is 1. The molecule has 0 aliphatic carbocycles. The molecule has 5 nitrogen and oxygen atoms in total. The minimum absolute atomic E-state index is 0. The zero-order valence-electron chi connectivity index (χ0n) is 10.9. The van der Waals surface area contributed by atoms with Crippen molar-refractivity contribution in [2.24, 2.45) is 0 Å². The molecular formula is C12H18BrClN2O3S. The molecule has 1 aromatic rings. The zero-order chi connectivity index (χ0) is 13.7. The van der Waals surface area contributed by atoms with Crippen LogP contribution < -0.4 is 4.72 Å². The molecule has 114 valence electrons. The molecule has 2 rings (SSSR count). The maximum Gasteiger partial charge on any atom is 0.241 e. The lowest BCUT2D eigenvalue weighted by atomic mass is 10.4. The molecule has 20 heavy (non-hydrogen) atoms. The highest BCUT2D eigenvalue weighted by Crippen LogP contribution is 2.20. The highest BCUT2D eigenvalue weighted by atomic mass is 79.9. The average molecular weight is 386 g/mol. The van der Waals surface area contributed by atoms with Crippen molar-refractivity contribution in [3.8, 4) is 0 Å². The van der Waals surface area contributed by atoms with Gasteiger partial charge < -0.3 is 4.74 Å². The van der Waals surface area contributed by atoms with Gasteiger partial charge in [0.15, 0.2) is 0 Å². The third-order valence-electron chi connectivity index (χ3n) is 2.95. The van der Waals surface area contributed by atoms with E-state index in [0.29, 0.717) is 17.6 Å². The van der Waals surface area contributed by atoms with Crippen molar-refractivity contribution in [1.82, 2.24) is 9.62 Å². The van der Waals surface area contributed by atoms with E-state index in [9.17, 15) is 8.42 Å². The molecule has 1 fully saturated rings. The minimum atomic E-state index is -3.45. The van der Waals surface area contributed by atoms with Crippen molar-refractivity contribution >= 4 is 38.4 Å². The third kappa shape index (κ3) is 4.98. The fourth-order valence-corrected chi connectivity index (χ4v) is 3.93. The molecule has 0 radical (unpaired) electrons. The van der Waals surface area contributed by atoms with Gasteiger partial charge in [-0.15, -0.1) is 12.4 Å². The normalized spacial score (nSPS) is 16.6. The first-order chi connectivity index (χ1) is 9.09. The van der Waals surface area contributed by atoms with Gasteiger partial charge in [-0.2, -0.15) is 0 Å². The van der Waals surface area contributed by atoms with Gasteiger partial charge in [0.2, 0.25) is 10.0 Å². The second kappa shape index (κ2) is 8.31. The Morgan fingerprint density at radius 1 is 1.25 bits per heavy atom. The highest BCUT2D eigenvalue weighted by molar-refractivity contribution is 9.10. The van der Waals surface area contributed by atoms with Crippen LogP contribution >= 0.6 is 28.3 Å². The van der Waals surface area contributed by atoms with Crippen LogP contribution in [0.2, 0.25) is 0 Å². The second-order valence-corrected chi connectivity index (χ2v) is 6.87. The van der Waals surface area contributed by atoms with Crippen LogP contribution in [0.3, 0.4) is 0 Å². The number of ether oxygens (including phenoxy) is 1. The fourth-order valence-electron chi connectivity index (χ4n) is 1.90.